The molecule has 0 aliphatic heterocycles. The Morgan fingerprint density at radius 2 is 0.879 bits per heavy atom. The SMILES string of the molecule is Cc1ccc(-c2ccc(-c3ccc(-c4cc(F)c(C#CC(F)(F)F)c(F)c4)cc3)cc2)cc1. The van der Waals surface area contributed by atoms with Crippen molar-refractivity contribution in [2.24, 2.45) is 0 Å². The van der Waals surface area contributed by atoms with Crippen molar-refractivity contribution in [3.63, 3.8) is 0 Å². The molecule has 0 N–H and O–H groups in total. The molecule has 0 aliphatic carbocycles. The minimum absolute atomic E-state index is 0.212. The zero-order valence-corrected chi connectivity index (χ0v) is 17.5. The van der Waals surface area contributed by atoms with Gasteiger partial charge in [-0.1, -0.05) is 84.3 Å². The number of hydrogen-bond acceptors (Lipinski definition) is 0. The first-order valence-corrected chi connectivity index (χ1v) is 10.1. The summed E-state index contributed by atoms with van der Waals surface area (Å²) in [4.78, 5) is 0. The van der Waals surface area contributed by atoms with Crippen molar-refractivity contribution in [3.8, 4) is 45.2 Å². The Morgan fingerprint density at radius 1 is 0.545 bits per heavy atom. The van der Waals surface area contributed by atoms with Crippen LogP contribution in [0.5, 0.6) is 0 Å². The molecule has 0 fully saturated rings. The first kappa shape index (κ1) is 22.3. The fourth-order valence-corrected chi connectivity index (χ4v) is 3.45. The maximum absolute atomic E-state index is 14.2. The van der Waals surface area contributed by atoms with E-state index in [-0.39, 0.29) is 5.56 Å². The average Bonchev–Trinajstić information content (AvgIpc) is 2.78. The maximum Gasteiger partial charge on any atom is 0.458 e. The summed E-state index contributed by atoms with van der Waals surface area (Å²) in [5.41, 5.74) is 5.15. The van der Waals surface area contributed by atoms with E-state index < -0.39 is 23.4 Å². The van der Waals surface area contributed by atoms with Gasteiger partial charge in [-0.05, 0) is 52.4 Å². The summed E-state index contributed by atoms with van der Waals surface area (Å²) in [6, 6.07) is 25.3. The van der Waals surface area contributed by atoms with Crippen LogP contribution in [0.1, 0.15) is 11.1 Å². The van der Waals surface area contributed by atoms with E-state index in [1.165, 1.54) is 11.5 Å². The highest BCUT2D eigenvalue weighted by Gasteiger charge is 2.23. The Balaban J connectivity index is 1.57. The highest BCUT2D eigenvalue weighted by Crippen LogP contribution is 2.29. The number of alkyl halides is 3. The van der Waals surface area contributed by atoms with Gasteiger partial charge in [0.1, 0.15) is 11.6 Å². The van der Waals surface area contributed by atoms with Crippen molar-refractivity contribution in [1.82, 2.24) is 0 Å². The molecule has 0 atom stereocenters. The molecule has 0 aromatic heterocycles. The van der Waals surface area contributed by atoms with E-state index in [0.29, 0.717) is 5.56 Å². The van der Waals surface area contributed by atoms with Crippen molar-refractivity contribution < 1.29 is 22.0 Å². The molecule has 33 heavy (non-hydrogen) atoms. The van der Waals surface area contributed by atoms with Crippen molar-refractivity contribution in [2.75, 3.05) is 0 Å². The summed E-state index contributed by atoms with van der Waals surface area (Å²) < 4.78 is 65.1. The lowest BCUT2D eigenvalue weighted by atomic mass is 9.97. The second-order valence-corrected chi connectivity index (χ2v) is 7.58. The molecule has 0 spiro atoms. The highest BCUT2D eigenvalue weighted by molar-refractivity contribution is 5.73. The lowest BCUT2D eigenvalue weighted by Crippen LogP contribution is -2.02. The van der Waals surface area contributed by atoms with Crippen LogP contribution in [0.15, 0.2) is 84.9 Å². The number of halogens is 5. The number of benzene rings is 4. The van der Waals surface area contributed by atoms with E-state index in [1.54, 1.807) is 12.1 Å². The van der Waals surface area contributed by atoms with Gasteiger partial charge in [0.2, 0.25) is 0 Å². The van der Waals surface area contributed by atoms with Gasteiger partial charge in [0.15, 0.2) is 0 Å². The van der Waals surface area contributed by atoms with E-state index in [2.05, 4.69) is 24.3 Å². The summed E-state index contributed by atoms with van der Waals surface area (Å²) in [5, 5.41) is 0. The van der Waals surface area contributed by atoms with Gasteiger partial charge in [0.25, 0.3) is 0 Å². The quantitative estimate of drug-likeness (QED) is 0.219. The number of rotatable bonds is 3. The molecule has 0 nitrogen and oxygen atoms in total. The molecule has 0 unspecified atom stereocenters. The lowest BCUT2D eigenvalue weighted by molar-refractivity contribution is -0.0696. The maximum atomic E-state index is 14.2. The van der Waals surface area contributed by atoms with Gasteiger partial charge in [-0.25, -0.2) is 8.78 Å². The summed E-state index contributed by atoms with van der Waals surface area (Å²) in [6.45, 7) is 2.04. The molecule has 0 radical (unpaired) electrons. The van der Waals surface area contributed by atoms with Gasteiger partial charge in [0.05, 0.1) is 5.56 Å². The standard InChI is InChI=1S/C28H17F5/c1-18-2-4-19(5-3-18)20-6-8-21(9-7-20)22-10-12-23(13-11-22)24-16-26(29)25(27(30)17-24)14-15-28(31,32)33/h2-13,16-17H,1H3. The smallest absolute Gasteiger partial charge is 0.205 e. The zero-order valence-electron chi connectivity index (χ0n) is 17.5. The van der Waals surface area contributed by atoms with Gasteiger partial charge in [-0.15, -0.1) is 0 Å². The first-order chi connectivity index (χ1) is 15.7. The molecular weight excluding hydrogens is 431 g/mol. The van der Waals surface area contributed by atoms with Gasteiger partial charge >= 0.3 is 6.18 Å². The highest BCUT2D eigenvalue weighted by atomic mass is 19.4. The Hall–Kier alpha value is -3.91. The van der Waals surface area contributed by atoms with E-state index in [4.69, 9.17) is 0 Å². The third-order valence-electron chi connectivity index (χ3n) is 5.19. The molecule has 0 amide bonds. The summed E-state index contributed by atoms with van der Waals surface area (Å²) >= 11 is 0. The number of hydrogen-bond donors (Lipinski definition) is 0. The number of aryl methyl sites for hydroxylation is 1. The van der Waals surface area contributed by atoms with Crippen molar-refractivity contribution in [2.45, 2.75) is 13.1 Å². The molecule has 4 aromatic rings. The van der Waals surface area contributed by atoms with E-state index in [1.807, 2.05) is 43.3 Å². The van der Waals surface area contributed by atoms with Crippen LogP contribution < -0.4 is 0 Å². The van der Waals surface area contributed by atoms with Crippen LogP contribution in [0, 0.1) is 30.4 Å². The van der Waals surface area contributed by atoms with Gasteiger partial charge in [-0.3, -0.25) is 0 Å². The zero-order chi connectivity index (χ0) is 23.6. The van der Waals surface area contributed by atoms with E-state index in [0.717, 1.165) is 40.3 Å². The lowest BCUT2D eigenvalue weighted by Gasteiger charge is -2.08. The molecule has 4 rings (SSSR count). The molecular formula is C28H17F5. The Bertz CT molecular complexity index is 1310. The molecule has 0 aliphatic rings. The molecule has 5 heteroatoms. The molecule has 0 heterocycles. The first-order valence-electron chi connectivity index (χ1n) is 10.1. The fourth-order valence-electron chi connectivity index (χ4n) is 3.45. The minimum Gasteiger partial charge on any atom is -0.205 e. The van der Waals surface area contributed by atoms with Crippen LogP contribution in [0.2, 0.25) is 0 Å². The van der Waals surface area contributed by atoms with Crippen LogP contribution in [-0.2, 0) is 0 Å². The third-order valence-corrected chi connectivity index (χ3v) is 5.19. The summed E-state index contributed by atoms with van der Waals surface area (Å²) in [6.07, 6.45) is -4.83. The van der Waals surface area contributed by atoms with Crippen molar-refractivity contribution in [3.05, 3.63) is 108 Å². The predicted octanol–water partition coefficient (Wildman–Crippen LogP) is 8.19. The molecule has 0 saturated carbocycles. The van der Waals surface area contributed by atoms with Crippen LogP contribution in [0.25, 0.3) is 33.4 Å². The second kappa shape index (κ2) is 8.91. The van der Waals surface area contributed by atoms with Crippen LogP contribution in [0.3, 0.4) is 0 Å². The largest absolute Gasteiger partial charge is 0.458 e. The van der Waals surface area contributed by atoms with Gasteiger partial charge in [-0.2, -0.15) is 13.2 Å². The summed E-state index contributed by atoms with van der Waals surface area (Å²) in [5.74, 6) is 0.134. The van der Waals surface area contributed by atoms with Crippen LogP contribution in [-0.4, -0.2) is 6.18 Å². The minimum atomic E-state index is -4.83. The normalized spacial score (nSPS) is 11.1. The topological polar surface area (TPSA) is 0 Å². The Morgan fingerprint density at radius 3 is 1.24 bits per heavy atom. The van der Waals surface area contributed by atoms with Crippen LogP contribution in [0.4, 0.5) is 22.0 Å². The van der Waals surface area contributed by atoms with E-state index >= 15 is 0 Å². The summed E-state index contributed by atoms with van der Waals surface area (Å²) in [7, 11) is 0. The average molecular weight is 448 g/mol. The second-order valence-electron chi connectivity index (χ2n) is 7.58. The van der Waals surface area contributed by atoms with Crippen LogP contribution >= 0.6 is 0 Å². The van der Waals surface area contributed by atoms with Gasteiger partial charge in [0, 0.05) is 5.92 Å². The van der Waals surface area contributed by atoms with Crippen molar-refractivity contribution >= 4 is 0 Å². The third kappa shape index (κ3) is 5.30. The molecule has 4 aromatic carbocycles. The molecule has 0 bridgehead atoms. The van der Waals surface area contributed by atoms with Crippen molar-refractivity contribution in [1.29, 1.82) is 0 Å². The monoisotopic (exact) mass is 448 g/mol. The Kier molecular flexibility index (Phi) is 6.02. The fraction of sp³-hybridized carbons (Fsp3) is 0.0714. The molecule has 164 valence electrons. The predicted molar refractivity (Wildman–Crippen MR) is 120 cm³/mol. The van der Waals surface area contributed by atoms with E-state index in [9.17, 15) is 22.0 Å². The molecule has 0 saturated heterocycles. The Labute approximate surface area is 188 Å². The van der Waals surface area contributed by atoms with Gasteiger partial charge < -0.3 is 0 Å².